The van der Waals surface area contributed by atoms with E-state index >= 15 is 0 Å². The van der Waals surface area contributed by atoms with Gasteiger partial charge in [-0.3, -0.25) is 9.59 Å². The van der Waals surface area contributed by atoms with E-state index in [2.05, 4.69) is 5.32 Å². The Balaban J connectivity index is 1.62. The molecule has 1 heterocycles. The standard InChI is InChI=1S/C22H24N2O4/c25-19(14-16-8-3-1-4-9-16)24-13-7-12-18(15-24)21(26)23-20(22(27)28)17-10-5-2-6-11-17/h1-6,8-11,18,20H,7,12-15H2,(H,23,26)(H,27,28)/t18?,20-/m0/s1. The number of benzene rings is 2. The van der Waals surface area contributed by atoms with Gasteiger partial charge >= 0.3 is 5.97 Å². The van der Waals surface area contributed by atoms with Crippen LogP contribution in [0.4, 0.5) is 0 Å². The van der Waals surface area contributed by atoms with Crippen molar-refractivity contribution in [3.63, 3.8) is 0 Å². The molecule has 0 radical (unpaired) electrons. The first-order valence-corrected chi connectivity index (χ1v) is 9.44. The highest BCUT2D eigenvalue weighted by Crippen LogP contribution is 2.20. The Hall–Kier alpha value is -3.15. The molecule has 2 N–H and O–H groups in total. The van der Waals surface area contributed by atoms with Crippen LogP contribution in [0.1, 0.15) is 30.0 Å². The molecule has 2 atom stereocenters. The second kappa shape index (κ2) is 9.17. The number of rotatable bonds is 6. The molecule has 28 heavy (non-hydrogen) atoms. The molecular formula is C22H24N2O4. The summed E-state index contributed by atoms with van der Waals surface area (Å²) >= 11 is 0. The van der Waals surface area contributed by atoms with Crippen molar-refractivity contribution in [1.29, 1.82) is 0 Å². The zero-order valence-electron chi connectivity index (χ0n) is 15.6. The molecule has 146 valence electrons. The topological polar surface area (TPSA) is 86.7 Å². The number of hydrogen-bond donors (Lipinski definition) is 2. The predicted molar refractivity (Wildman–Crippen MR) is 104 cm³/mol. The number of carbonyl (C=O) groups is 3. The summed E-state index contributed by atoms with van der Waals surface area (Å²) in [7, 11) is 0. The minimum Gasteiger partial charge on any atom is -0.479 e. The molecule has 1 aliphatic rings. The van der Waals surface area contributed by atoms with E-state index < -0.39 is 17.9 Å². The van der Waals surface area contributed by atoms with Crippen LogP contribution >= 0.6 is 0 Å². The highest BCUT2D eigenvalue weighted by atomic mass is 16.4. The summed E-state index contributed by atoms with van der Waals surface area (Å²) in [5, 5.41) is 12.1. The third-order valence-electron chi connectivity index (χ3n) is 5.01. The van der Waals surface area contributed by atoms with Gasteiger partial charge in [0, 0.05) is 13.1 Å². The van der Waals surface area contributed by atoms with E-state index in [4.69, 9.17) is 0 Å². The number of nitrogens with one attached hydrogen (secondary N) is 1. The van der Waals surface area contributed by atoms with E-state index in [1.54, 1.807) is 35.2 Å². The maximum absolute atomic E-state index is 12.7. The smallest absolute Gasteiger partial charge is 0.330 e. The molecule has 1 unspecified atom stereocenters. The van der Waals surface area contributed by atoms with Crippen LogP contribution in [0.25, 0.3) is 0 Å². The predicted octanol–water partition coefficient (Wildman–Crippen LogP) is 2.41. The van der Waals surface area contributed by atoms with Gasteiger partial charge in [0.15, 0.2) is 6.04 Å². The molecule has 0 bridgehead atoms. The molecule has 0 aliphatic carbocycles. The average molecular weight is 380 g/mol. The molecule has 2 aromatic carbocycles. The van der Waals surface area contributed by atoms with Crippen LogP contribution in [0.5, 0.6) is 0 Å². The van der Waals surface area contributed by atoms with Crippen molar-refractivity contribution in [3.05, 3.63) is 71.8 Å². The molecule has 6 nitrogen and oxygen atoms in total. The van der Waals surface area contributed by atoms with Crippen LogP contribution in [0.15, 0.2) is 60.7 Å². The number of carboxylic acids is 1. The second-order valence-electron chi connectivity index (χ2n) is 7.03. The summed E-state index contributed by atoms with van der Waals surface area (Å²) in [6.07, 6.45) is 1.67. The summed E-state index contributed by atoms with van der Waals surface area (Å²) < 4.78 is 0. The Morgan fingerprint density at radius 2 is 1.68 bits per heavy atom. The van der Waals surface area contributed by atoms with Crippen molar-refractivity contribution in [2.75, 3.05) is 13.1 Å². The summed E-state index contributed by atoms with van der Waals surface area (Å²) in [4.78, 5) is 38.6. The van der Waals surface area contributed by atoms with E-state index in [-0.39, 0.29) is 11.8 Å². The van der Waals surface area contributed by atoms with Crippen molar-refractivity contribution >= 4 is 17.8 Å². The molecule has 1 saturated heterocycles. The fourth-order valence-corrected chi connectivity index (χ4v) is 3.49. The SMILES string of the molecule is O=C(N[C@H](C(=O)O)c1ccccc1)C1CCCN(C(=O)Cc2ccccc2)C1. The van der Waals surface area contributed by atoms with Gasteiger partial charge in [0.2, 0.25) is 11.8 Å². The highest BCUT2D eigenvalue weighted by Gasteiger charge is 2.31. The average Bonchev–Trinajstić information content (AvgIpc) is 2.73. The van der Waals surface area contributed by atoms with E-state index in [1.807, 2.05) is 30.3 Å². The number of carboxylic acid groups (broad SMARTS) is 1. The fourth-order valence-electron chi connectivity index (χ4n) is 3.49. The number of nitrogens with zero attached hydrogens (tertiary/aromatic N) is 1. The first-order valence-electron chi connectivity index (χ1n) is 9.44. The minimum absolute atomic E-state index is 0.0125. The number of piperidine rings is 1. The zero-order chi connectivity index (χ0) is 19.9. The summed E-state index contributed by atoms with van der Waals surface area (Å²) in [5.41, 5.74) is 1.46. The monoisotopic (exact) mass is 380 g/mol. The van der Waals surface area contributed by atoms with Crippen LogP contribution in [-0.4, -0.2) is 40.9 Å². The molecule has 2 amide bonds. The molecule has 0 saturated carbocycles. The molecule has 6 heteroatoms. The number of carbonyl (C=O) groups excluding carboxylic acids is 2. The van der Waals surface area contributed by atoms with Crippen molar-refractivity contribution in [2.45, 2.75) is 25.3 Å². The van der Waals surface area contributed by atoms with Crippen molar-refractivity contribution in [2.24, 2.45) is 5.92 Å². The van der Waals surface area contributed by atoms with Gasteiger partial charge in [-0.15, -0.1) is 0 Å². The van der Waals surface area contributed by atoms with Gasteiger partial charge in [-0.1, -0.05) is 60.7 Å². The van der Waals surface area contributed by atoms with E-state index in [0.29, 0.717) is 31.5 Å². The molecule has 1 aliphatic heterocycles. The van der Waals surface area contributed by atoms with Gasteiger partial charge in [0.1, 0.15) is 0 Å². The van der Waals surface area contributed by atoms with Crippen molar-refractivity contribution < 1.29 is 19.5 Å². The lowest BCUT2D eigenvalue weighted by Crippen LogP contribution is -2.47. The Kier molecular flexibility index (Phi) is 6.42. The zero-order valence-corrected chi connectivity index (χ0v) is 15.6. The fraction of sp³-hybridized carbons (Fsp3) is 0.318. The number of likely N-dealkylation sites (tertiary alicyclic amines) is 1. The number of hydrogen-bond acceptors (Lipinski definition) is 3. The molecule has 0 spiro atoms. The van der Waals surface area contributed by atoms with E-state index in [1.165, 1.54) is 0 Å². The van der Waals surface area contributed by atoms with Gasteiger partial charge in [-0.05, 0) is 24.0 Å². The maximum atomic E-state index is 12.7. The van der Waals surface area contributed by atoms with Gasteiger partial charge < -0.3 is 15.3 Å². The number of amides is 2. The highest BCUT2D eigenvalue weighted by molar-refractivity contribution is 5.87. The van der Waals surface area contributed by atoms with Crippen LogP contribution in [-0.2, 0) is 20.8 Å². The Morgan fingerprint density at radius 1 is 1.04 bits per heavy atom. The molecular weight excluding hydrogens is 356 g/mol. The van der Waals surface area contributed by atoms with Crippen LogP contribution in [0.2, 0.25) is 0 Å². The Bertz CT molecular complexity index is 823. The first-order chi connectivity index (χ1) is 13.5. The summed E-state index contributed by atoms with van der Waals surface area (Å²) in [6, 6.07) is 17.0. The normalized spacial score (nSPS) is 17.6. The van der Waals surface area contributed by atoms with Crippen LogP contribution < -0.4 is 5.32 Å². The summed E-state index contributed by atoms with van der Waals surface area (Å²) in [6.45, 7) is 0.940. The first kappa shape index (κ1) is 19.6. The third-order valence-corrected chi connectivity index (χ3v) is 5.01. The van der Waals surface area contributed by atoms with Crippen LogP contribution in [0.3, 0.4) is 0 Å². The van der Waals surface area contributed by atoms with Crippen LogP contribution in [0, 0.1) is 5.92 Å². The summed E-state index contributed by atoms with van der Waals surface area (Å²) in [5.74, 6) is -1.85. The van der Waals surface area contributed by atoms with Gasteiger partial charge in [0.05, 0.1) is 12.3 Å². The Labute approximate surface area is 164 Å². The van der Waals surface area contributed by atoms with E-state index in [9.17, 15) is 19.5 Å². The molecule has 1 fully saturated rings. The number of aliphatic carboxylic acids is 1. The van der Waals surface area contributed by atoms with Crippen molar-refractivity contribution in [3.8, 4) is 0 Å². The maximum Gasteiger partial charge on any atom is 0.330 e. The third kappa shape index (κ3) is 4.97. The lowest BCUT2D eigenvalue weighted by molar-refractivity contribution is -0.144. The van der Waals surface area contributed by atoms with Gasteiger partial charge in [-0.2, -0.15) is 0 Å². The molecule has 0 aromatic heterocycles. The van der Waals surface area contributed by atoms with E-state index in [0.717, 1.165) is 12.0 Å². The lowest BCUT2D eigenvalue weighted by atomic mass is 9.95. The minimum atomic E-state index is -1.10. The van der Waals surface area contributed by atoms with Crippen molar-refractivity contribution in [1.82, 2.24) is 10.2 Å². The quantitative estimate of drug-likeness (QED) is 0.806. The second-order valence-corrected chi connectivity index (χ2v) is 7.03. The van der Waals surface area contributed by atoms with Gasteiger partial charge in [-0.25, -0.2) is 4.79 Å². The molecule has 3 rings (SSSR count). The molecule has 2 aromatic rings. The largest absolute Gasteiger partial charge is 0.479 e. The Morgan fingerprint density at radius 3 is 2.32 bits per heavy atom. The van der Waals surface area contributed by atoms with Gasteiger partial charge in [0.25, 0.3) is 0 Å². The lowest BCUT2D eigenvalue weighted by Gasteiger charge is -2.32.